The molecule has 0 saturated carbocycles. The summed E-state index contributed by atoms with van der Waals surface area (Å²) in [6.45, 7) is 3.16. The van der Waals surface area contributed by atoms with Gasteiger partial charge in [0.1, 0.15) is 18.5 Å². The van der Waals surface area contributed by atoms with E-state index in [1.165, 1.54) is 0 Å². The van der Waals surface area contributed by atoms with Gasteiger partial charge < -0.3 is 15.2 Å². The largest absolute Gasteiger partial charge is 0.491 e. The Hall–Kier alpha value is -1.50. The lowest BCUT2D eigenvalue weighted by Gasteiger charge is -2.12. The molecular weight excluding hydrogens is 202 g/mol. The van der Waals surface area contributed by atoms with Crippen LogP contribution in [0.4, 0.5) is 0 Å². The molecule has 0 fully saturated rings. The molecule has 3 nitrogen and oxygen atoms in total. The summed E-state index contributed by atoms with van der Waals surface area (Å²) in [6, 6.07) is 9.45. The van der Waals surface area contributed by atoms with Gasteiger partial charge in [0.25, 0.3) is 0 Å². The number of hydrogen-bond donors (Lipinski definition) is 2. The Morgan fingerprint density at radius 3 is 2.81 bits per heavy atom. The molecule has 1 aromatic rings. The van der Waals surface area contributed by atoms with Gasteiger partial charge in [-0.15, -0.1) is 5.92 Å². The van der Waals surface area contributed by atoms with E-state index in [1.54, 1.807) is 6.92 Å². The van der Waals surface area contributed by atoms with Crippen LogP contribution in [0.15, 0.2) is 30.3 Å². The molecule has 86 valence electrons. The summed E-state index contributed by atoms with van der Waals surface area (Å²) in [5.41, 5.74) is 0. The summed E-state index contributed by atoms with van der Waals surface area (Å²) in [6.07, 6.45) is -0.515. The molecule has 16 heavy (non-hydrogen) atoms. The van der Waals surface area contributed by atoms with Gasteiger partial charge in [-0.3, -0.25) is 0 Å². The van der Waals surface area contributed by atoms with Crippen molar-refractivity contribution in [3.8, 4) is 17.6 Å². The van der Waals surface area contributed by atoms with Crippen molar-refractivity contribution in [1.29, 1.82) is 0 Å². The Bertz CT molecular complexity index is 340. The van der Waals surface area contributed by atoms with Crippen molar-refractivity contribution in [3.63, 3.8) is 0 Å². The van der Waals surface area contributed by atoms with Crippen LogP contribution in [-0.2, 0) is 0 Å². The summed E-state index contributed by atoms with van der Waals surface area (Å²) < 4.78 is 5.40. The molecule has 0 aliphatic heterocycles. The van der Waals surface area contributed by atoms with E-state index in [0.717, 1.165) is 5.75 Å². The zero-order chi connectivity index (χ0) is 11.6. The summed E-state index contributed by atoms with van der Waals surface area (Å²) in [5, 5.41) is 12.6. The molecule has 1 atom stereocenters. The molecule has 0 amide bonds. The first-order chi connectivity index (χ1) is 7.83. The Morgan fingerprint density at radius 2 is 2.12 bits per heavy atom. The van der Waals surface area contributed by atoms with Crippen LogP contribution >= 0.6 is 0 Å². The van der Waals surface area contributed by atoms with E-state index in [-0.39, 0.29) is 6.61 Å². The van der Waals surface area contributed by atoms with Crippen LogP contribution in [0.5, 0.6) is 5.75 Å². The van der Waals surface area contributed by atoms with Crippen LogP contribution in [-0.4, -0.2) is 30.9 Å². The smallest absolute Gasteiger partial charge is 0.119 e. The van der Waals surface area contributed by atoms with E-state index in [4.69, 9.17) is 4.74 Å². The zero-order valence-corrected chi connectivity index (χ0v) is 9.44. The molecular formula is C13H17NO2. The Balaban J connectivity index is 2.14. The van der Waals surface area contributed by atoms with E-state index < -0.39 is 6.10 Å². The third-order valence-corrected chi connectivity index (χ3v) is 1.96. The first kappa shape index (κ1) is 12.6. The number of benzene rings is 1. The van der Waals surface area contributed by atoms with Crippen molar-refractivity contribution >= 4 is 0 Å². The maximum atomic E-state index is 9.57. The molecule has 1 aromatic carbocycles. The molecule has 0 heterocycles. The van der Waals surface area contributed by atoms with Gasteiger partial charge in [-0.1, -0.05) is 24.1 Å². The number of rotatable bonds is 6. The van der Waals surface area contributed by atoms with Crippen LogP contribution in [0.25, 0.3) is 0 Å². The van der Waals surface area contributed by atoms with Crippen molar-refractivity contribution in [2.45, 2.75) is 13.0 Å². The molecule has 3 heteroatoms. The average Bonchev–Trinajstić information content (AvgIpc) is 2.33. The highest BCUT2D eigenvalue weighted by atomic mass is 16.5. The molecule has 2 N–H and O–H groups in total. The molecule has 1 unspecified atom stereocenters. The highest BCUT2D eigenvalue weighted by Crippen LogP contribution is 2.08. The first-order valence-electron chi connectivity index (χ1n) is 5.29. The number of ether oxygens (including phenoxy) is 1. The van der Waals surface area contributed by atoms with Gasteiger partial charge in [-0.2, -0.15) is 0 Å². The standard InChI is InChI=1S/C13H17NO2/c1-2-3-9-14-10-12(15)11-16-13-7-5-4-6-8-13/h4-8,12,14-15H,9-11H2,1H3. The van der Waals surface area contributed by atoms with E-state index in [2.05, 4.69) is 17.2 Å². The number of hydrogen-bond acceptors (Lipinski definition) is 3. The Kier molecular flexibility index (Phi) is 6.09. The van der Waals surface area contributed by atoms with Crippen molar-refractivity contribution in [1.82, 2.24) is 5.32 Å². The normalized spacial score (nSPS) is 11.4. The monoisotopic (exact) mass is 219 g/mol. The molecule has 0 aliphatic carbocycles. The minimum atomic E-state index is -0.515. The van der Waals surface area contributed by atoms with Crippen molar-refractivity contribution in [3.05, 3.63) is 30.3 Å². The molecule has 1 rings (SSSR count). The van der Waals surface area contributed by atoms with Gasteiger partial charge in [0, 0.05) is 6.54 Å². The fourth-order valence-electron chi connectivity index (χ4n) is 1.16. The van der Waals surface area contributed by atoms with Crippen molar-refractivity contribution in [2.24, 2.45) is 0 Å². The van der Waals surface area contributed by atoms with Crippen LogP contribution in [0, 0.1) is 11.8 Å². The third-order valence-electron chi connectivity index (χ3n) is 1.96. The van der Waals surface area contributed by atoms with E-state index in [0.29, 0.717) is 13.1 Å². The fourth-order valence-corrected chi connectivity index (χ4v) is 1.16. The predicted octanol–water partition coefficient (Wildman–Crippen LogP) is 1.04. The van der Waals surface area contributed by atoms with Crippen LogP contribution < -0.4 is 10.1 Å². The van der Waals surface area contributed by atoms with Crippen LogP contribution in [0.2, 0.25) is 0 Å². The van der Waals surface area contributed by atoms with Crippen molar-refractivity contribution < 1.29 is 9.84 Å². The highest BCUT2D eigenvalue weighted by Gasteiger charge is 2.03. The second-order valence-corrected chi connectivity index (χ2v) is 3.34. The lowest BCUT2D eigenvalue weighted by atomic mass is 10.3. The van der Waals surface area contributed by atoms with Gasteiger partial charge in [-0.25, -0.2) is 0 Å². The molecule has 0 radical (unpaired) electrons. The second kappa shape index (κ2) is 7.75. The maximum Gasteiger partial charge on any atom is 0.119 e. The Labute approximate surface area is 96.4 Å². The fraction of sp³-hybridized carbons (Fsp3) is 0.385. The lowest BCUT2D eigenvalue weighted by Crippen LogP contribution is -2.31. The number of nitrogens with one attached hydrogen (secondary N) is 1. The molecule has 0 saturated heterocycles. The van der Waals surface area contributed by atoms with Gasteiger partial charge in [0.2, 0.25) is 0 Å². The van der Waals surface area contributed by atoms with Gasteiger partial charge >= 0.3 is 0 Å². The van der Waals surface area contributed by atoms with Crippen LogP contribution in [0.3, 0.4) is 0 Å². The predicted molar refractivity (Wildman–Crippen MR) is 64.3 cm³/mol. The summed E-state index contributed by atoms with van der Waals surface area (Å²) in [5.74, 6) is 6.41. The Morgan fingerprint density at radius 1 is 1.38 bits per heavy atom. The third kappa shape index (κ3) is 5.40. The maximum absolute atomic E-state index is 9.57. The first-order valence-corrected chi connectivity index (χ1v) is 5.29. The van der Waals surface area contributed by atoms with Gasteiger partial charge in [0.05, 0.1) is 6.54 Å². The van der Waals surface area contributed by atoms with Gasteiger partial charge in [-0.05, 0) is 19.1 Å². The molecule has 0 aliphatic rings. The van der Waals surface area contributed by atoms with E-state index in [9.17, 15) is 5.11 Å². The summed E-state index contributed by atoms with van der Waals surface area (Å²) in [7, 11) is 0. The number of aliphatic hydroxyl groups is 1. The van der Waals surface area contributed by atoms with Gasteiger partial charge in [0.15, 0.2) is 0 Å². The minimum Gasteiger partial charge on any atom is -0.491 e. The quantitative estimate of drug-likeness (QED) is 0.555. The number of para-hydroxylation sites is 1. The minimum absolute atomic E-state index is 0.288. The van der Waals surface area contributed by atoms with Crippen molar-refractivity contribution in [2.75, 3.05) is 19.7 Å². The summed E-state index contributed by atoms with van der Waals surface area (Å²) >= 11 is 0. The van der Waals surface area contributed by atoms with Crippen LogP contribution in [0.1, 0.15) is 6.92 Å². The SMILES string of the molecule is CC#CCNCC(O)COc1ccccc1. The molecule has 0 aromatic heterocycles. The molecule has 0 spiro atoms. The lowest BCUT2D eigenvalue weighted by molar-refractivity contribution is 0.107. The van der Waals surface area contributed by atoms with E-state index >= 15 is 0 Å². The number of aliphatic hydroxyl groups excluding tert-OH is 1. The second-order valence-electron chi connectivity index (χ2n) is 3.34. The highest BCUT2D eigenvalue weighted by molar-refractivity contribution is 5.20. The average molecular weight is 219 g/mol. The topological polar surface area (TPSA) is 41.5 Å². The zero-order valence-electron chi connectivity index (χ0n) is 9.44. The molecule has 0 bridgehead atoms. The summed E-state index contributed by atoms with van der Waals surface area (Å²) in [4.78, 5) is 0. The van der Waals surface area contributed by atoms with E-state index in [1.807, 2.05) is 30.3 Å².